The monoisotopic (exact) mass is 242 g/mol. The molecule has 0 unspecified atom stereocenters. The summed E-state index contributed by atoms with van der Waals surface area (Å²) in [5, 5.41) is 0. The van der Waals surface area contributed by atoms with Crippen molar-refractivity contribution >= 4 is 23.7 Å². The summed E-state index contributed by atoms with van der Waals surface area (Å²) in [5.74, 6) is -0.296. The second-order valence-corrected chi connectivity index (χ2v) is 2.63. The van der Waals surface area contributed by atoms with Crippen LogP contribution in [0.15, 0.2) is 0 Å². The molecular formula is C10H26O4S. The molecular weight excluding hydrogens is 216 g/mol. The van der Waals surface area contributed by atoms with Gasteiger partial charge < -0.3 is 9.47 Å². The summed E-state index contributed by atoms with van der Waals surface area (Å²) in [6, 6.07) is 0. The molecule has 0 amide bonds. The average Bonchev–Trinajstić information content (AvgIpc) is 2.04. The Hall–Kier alpha value is -0.710. The van der Waals surface area contributed by atoms with Crippen molar-refractivity contribution in [2.45, 2.75) is 29.7 Å². The van der Waals surface area contributed by atoms with E-state index in [-0.39, 0.29) is 53.2 Å². The molecule has 0 aliphatic heterocycles. The van der Waals surface area contributed by atoms with Gasteiger partial charge in [0.15, 0.2) is 0 Å². The molecule has 15 heavy (non-hydrogen) atoms. The topological polar surface area (TPSA) is 52.6 Å². The summed E-state index contributed by atoms with van der Waals surface area (Å²) >= 11 is 1.17. The van der Waals surface area contributed by atoms with Crippen LogP contribution in [0, 0.1) is 0 Å². The lowest BCUT2D eigenvalue weighted by Gasteiger charge is -1.97. The summed E-state index contributed by atoms with van der Waals surface area (Å²) < 4.78 is 8.71. The maximum Gasteiger partial charge on any atom is 0.315 e. The zero-order valence-corrected chi connectivity index (χ0v) is 7.27. The molecule has 0 saturated carbocycles. The van der Waals surface area contributed by atoms with E-state index in [2.05, 4.69) is 9.47 Å². The molecule has 0 bridgehead atoms. The van der Waals surface area contributed by atoms with E-state index in [0.717, 1.165) is 0 Å². The van der Waals surface area contributed by atoms with Gasteiger partial charge in [0.1, 0.15) is 0 Å². The molecule has 0 radical (unpaired) electrons. The largest absolute Gasteiger partial charge is 0.468 e. The van der Waals surface area contributed by atoms with Gasteiger partial charge >= 0.3 is 11.9 Å². The minimum absolute atomic E-state index is 0. The highest BCUT2D eigenvalue weighted by atomic mass is 32.2. The van der Waals surface area contributed by atoms with Gasteiger partial charge in [0.2, 0.25) is 0 Å². The average molecular weight is 242 g/mol. The number of thioether (sulfide) groups is 1. The smallest absolute Gasteiger partial charge is 0.315 e. The molecule has 0 heterocycles. The van der Waals surface area contributed by atoms with E-state index in [1.54, 1.807) is 0 Å². The van der Waals surface area contributed by atoms with Gasteiger partial charge in [-0.3, -0.25) is 9.59 Å². The van der Waals surface area contributed by atoms with Crippen molar-refractivity contribution in [2.75, 3.05) is 25.7 Å². The van der Waals surface area contributed by atoms with Gasteiger partial charge in [-0.15, -0.1) is 11.8 Å². The standard InChI is InChI=1S/C6H10O4S.4CH4/c1-9-5(7)3-11-4-6(8)10-2;;;;/h3-4H2,1-2H3;4*1H4. The summed E-state index contributed by atoms with van der Waals surface area (Å²) in [7, 11) is 2.61. The molecule has 4 nitrogen and oxygen atoms in total. The van der Waals surface area contributed by atoms with Gasteiger partial charge in [0.25, 0.3) is 0 Å². The third kappa shape index (κ3) is 19.6. The number of ether oxygens (including phenoxy) is 2. The number of hydrogen-bond acceptors (Lipinski definition) is 5. The number of carbonyl (C=O) groups is 2. The van der Waals surface area contributed by atoms with Crippen LogP contribution in [-0.4, -0.2) is 37.7 Å². The molecule has 0 spiro atoms. The van der Waals surface area contributed by atoms with Crippen LogP contribution >= 0.6 is 11.8 Å². The van der Waals surface area contributed by atoms with E-state index in [9.17, 15) is 9.59 Å². The molecule has 0 aromatic rings. The third-order valence-corrected chi connectivity index (χ3v) is 1.77. The Morgan fingerprint density at radius 1 is 0.867 bits per heavy atom. The van der Waals surface area contributed by atoms with Crippen LogP contribution < -0.4 is 0 Å². The lowest BCUT2D eigenvalue weighted by atomic mass is 10.8. The lowest BCUT2D eigenvalue weighted by Crippen LogP contribution is -2.08. The second-order valence-electron chi connectivity index (χ2n) is 1.65. The van der Waals surface area contributed by atoms with E-state index in [1.165, 1.54) is 26.0 Å². The van der Waals surface area contributed by atoms with Crippen LogP contribution in [0.2, 0.25) is 0 Å². The predicted octanol–water partition coefficient (Wildman–Crippen LogP) is 2.61. The van der Waals surface area contributed by atoms with Crippen LogP contribution in [0.4, 0.5) is 0 Å². The fourth-order valence-corrected chi connectivity index (χ4v) is 1.01. The SMILES string of the molecule is C.C.C.C.COC(=O)CSCC(=O)OC. The molecule has 0 aromatic carbocycles. The van der Waals surface area contributed by atoms with E-state index < -0.39 is 0 Å². The molecule has 0 N–H and O–H groups in total. The van der Waals surface area contributed by atoms with Gasteiger partial charge in [-0.25, -0.2) is 0 Å². The van der Waals surface area contributed by atoms with Gasteiger partial charge in [-0.1, -0.05) is 29.7 Å². The van der Waals surface area contributed by atoms with Crippen molar-refractivity contribution < 1.29 is 19.1 Å². The number of rotatable bonds is 4. The molecule has 0 aliphatic carbocycles. The van der Waals surface area contributed by atoms with E-state index in [4.69, 9.17) is 0 Å². The number of carbonyl (C=O) groups excluding carboxylic acids is 2. The van der Waals surface area contributed by atoms with Crippen LogP contribution in [0.1, 0.15) is 29.7 Å². The number of hydrogen-bond donors (Lipinski definition) is 0. The highest BCUT2D eigenvalue weighted by molar-refractivity contribution is 8.00. The van der Waals surface area contributed by atoms with Crippen molar-refractivity contribution in [1.82, 2.24) is 0 Å². The van der Waals surface area contributed by atoms with Crippen LogP contribution in [-0.2, 0) is 19.1 Å². The zero-order valence-electron chi connectivity index (χ0n) is 6.46. The normalized spacial score (nSPS) is 6.53. The van der Waals surface area contributed by atoms with E-state index in [0.29, 0.717) is 0 Å². The Morgan fingerprint density at radius 3 is 1.33 bits per heavy atom. The maximum atomic E-state index is 10.5. The first-order valence-corrected chi connectivity index (χ1v) is 4.07. The minimum atomic E-state index is -0.334. The lowest BCUT2D eigenvalue weighted by molar-refractivity contribution is -0.137. The molecule has 0 rings (SSSR count). The summed E-state index contributed by atoms with van der Waals surface area (Å²) in [6.07, 6.45) is 0. The Balaban J connectivity index is -0.0000000833. The molecule has 0 aromatic heterocycles. The highest BCUT2D eigenvalue weighted by Gasteiger charge is 2.03. The van der Waals surface area contributed by atoms with Crippen molar-refractivity contribution in [2.24, 2.45) is 0 Å². The van der Waals surface area contributed by atoms with Crippen LogP contribution in [0.25, 0.3) is 0 Å². The van der Waals surface area contributed by atoms with Crippen molar-refractivity contribution in [3.63, 3.8) is 0 Å². The van der Waals surface area contributed by atoms with Crippen molar-refractivity contribution in [3.8, 4) is 0 Å². The van der Waals surface area contributed by atoms with Crippen LogP contribution in [0.3, 0.4) is 0 Å². The fourth-order valence-electron chi connectivity index (χ4n) is 0.336. The summed E-state index contributed by atoms with van der Waals surface area (Å²) in [4.78, 5) is 21.0. The Morgan fingerprint density at radius 2 is 1.13 bits per heavy atom. The third-order valence-electron chi connectivity index (χ3n) is 0.895. The maximum absolute atomic E-state index is 10.5. The van der Waals surface area contributed by atoms with E-state index in [1.807, 2.05) is 0 Å². The number of methoxy groups -OCH3 is 2. The molecule has 5 heteroatoms. The first-order valence-electron chi connectivity index (χ1n) is 2.92. The Labute approximate surface area is 98.7 Å². The fraction of sp³-hybridized carbons (Fsp3) is 0.800. The van der Waals surface area contributed by atoms with Gasteiger partial charge in [-0.05, 0) is 0 Å². The zero-order chi connectivity index (χ0) is 8.69. The first kappa shape index (κ1) is 29.2. The molecule has 0 saturated heterocycles. The Bertz CT molecular complexity index is 132. The molecule has 0 atom stereocenters. The minimum Gasteiger partial charge on any atom is -0.468 e. The van der Waals surface area contributed by atoms with Crippen LogP contribution in [0.5, 0.6) is 0 Å². The highest BCUT2D eigenvalue weighted by Crippen LogP contribution is 2.00. The molecule has 0 fully saturated rings. The van der Waals surface area contributed by atoms with Crippen molar-refractivity contribution in [3.05, 3.63) is 0 Å². The summed E-state index contributed by atoms with van der Waals surface area (Å²) in [6.45, 7) is 0. The summed E-state index contributed by atoms with van der Waals surface area (Å²) in [5.41, 5.74) is 0. The number of esters is 2. The quantitative estimate of drug-likeness (QED) is 0.709. The Kier molecular flexibility index (Phi) is 37.0. The van der Waals surface area contributed by atoms with Crippen molar-refractivity contribution in [1.29, 1.82) is 0 Å². The molecule has 0 aliphatic rings. The second kappa shape index (κ2) is 19.0. The van der Waals surface area contributed by atoms with Gasteiger partial charge in [0.05, 0.1) is 25.7 Å². The first-order chi connectivity index (χ1) is 5.20. The predicted molar refractivity (Wildman–Crippen MR) is 68.3 cm³/mol. The van der Waals surface area contributed by atoms with E-state index >= 15 is 0 Å². The van der Waals surface area contributed by atoms with Gasteiger partial charge in [-0.2, -0.15) is 0 Å². The van der Waals surface area contributed by atoms with Gasteiger partial charge in [0, 0.05) is 0 Å². The molecule has 96 valence electrons.